The summed E-state index contributed by atoms with van der Waals surface area (Å²) in [6, 6.07) is 1.68. The van der Waals surface area contributed by atoms with Crippen molar-refractivity contribution in [3.63, 3.8) is 0 Å². The van der Waals surface area contributed by atoms with Gasteiger partial charge in [0.1, 0.15) is 11.4 Å². The van der Waals surface area contributed by atoms with E-state index in [-0.39, 0.29) is 5.78 Å². The van der Waals surface area contributed by atoms with E-state index in [9.17, 15) is 4.79 Å². The van der Waals surface area contributed by atoms with Crippen LogP contribution < -0.4 is 0 Å². The van der Waals surface area contributed by atoms with Crippen LogP contribution in [0.3, 0.4) is 0 Å². The molecule has 0 saturated heterocycles. The first kappa shape index (κ1) is 10.1. The maximum absolute atomic E-state index is 12.1. The number of carbonyl (C=O) groups excluding carboxylic acids is 1. The standard InChI is InChI=1S/C9H9BrN4O/c1-13-7(3-4-11-13)9(15)8-6(10)5-12-14(8)2/h3-5H,1-2H3. The van der Waals surface area contributed by atoms with Gasteiger partial charge in [0.15, 0.2) is 0 Å². The number of hydrogen-bond donors (Lipinski definition) is 0. The van der Waals surface area contributed by atoms with E-state index in [1.165, 1.54) is 0 Å². The van der Waals surface area contributed by atoms with Gasteiger partial charge in [0, 0.05) is 20.3 Å². The lowest BCUT2D eigenvalue weighted by Crippen LogP contribution is -2.13. The van der Waals surface area contributed by atoms with E-state index in [0.717, 1.165) is 0 Å². The highest BCUT2D eigenvalue weighted by atomic mass is 79.9. The number of halogens is 1. The molecule has 2 heterocycles. The Labute approximate surface area is 94.8 Å². The summed E-state index contributed by atoms with van der Waals surface area (Å²) in [5.74, 6) is -0.0955. The highest BCUT2D eigenvalue weighted by molar-refractivity contribution is 9.10. The first-order valence-corrected chi connectivity index (χ1v) is 5.10. The predicted molar refractivity (Wildman–Crippen MR) is 57.5 cm³/mol. The summed E-state index contributed by atoms with van der Waals surface area (Å²) in [6.45, 7) is 0. The van der Waals surface area contributed by atoms with Crippen LogP contribution in [0.5, 0.6) is 0 Å². The molecule has 2 aromatic heterocycles. The van der Waals surface area contributed by atoms with Crippen molar-refractivity contribution >= 4 is 21.7 Å². The van der Waals surface area contributed by atoms with Gasteiger partial charge in [0.25, 0.3) is 0 Å². The van der Waals surface area contributed by atoms with Crippen LogP contribution in [0.1, 0.15) is 16.2 Å². The quantitative estimate of drug-likeness (QED) is 0.768. The maximum Gasteiger partial charge on any atom is 0.230 e. The fourth-order valence-corrected chi connectivity index (χ4v) is 1.91. The summed E-state index contributed by atoms with van der Waals surface area (Å²) in [5, 5.41) is 7.95. The average Bonchev–Trinajstić information content (AvgIpc) is 2.73. The molecule has 0 aliphatic carbocycles. The number of carbonyl (C=O) groups is 1. The smallest absolute Gasteiger partial charge is 0.230 e. The van der Waals surface area contributed by atoms with Crippen molar-refractivity contribution in [2.75, 3.05) is 0 Å². The number of nitrogens with zero attached hydrogens (tertiary/aromatic N) is 4. The Morgan fingerprint density at radius 3 is 2.53 bits per heavy atom. The molecule has 78 valence electrons. The lowest BCUT2D eigenvalue weighted by atomic mass is 10.2. The third-order valence-electron chi connectivity index (χ3n) is 2.16. The van der Waals surface area contributed by atoms with Gasteiger partial charge in [0.2, 0.25) is 5.78 Å². The predicted octanol–water partition coefficient (Wildman–Crippen LogP) is 1.15. The fraction of sp³-hybridized carbons (Fsp3) is 0.222. The molecule has 0 saturated carbocycles. The van der Waals surface area contributed by atoms with E-state index in [0.29, 0.717) is 15.9 Å². The molecule has 0 atom stereocenters. The van der Waals surface area contributed by atoms with Crippen molar-refractivity contribution in [1.29, 1.82) is 0 Å². The zero-order chi connectivity index (χ0) is 11.0. The molecule has 0 aromatic carbocycles. The van der Waals surface area contributed by atoms with Crippen LogP contribution in [-0.2, 0) is 14.1 Å². The lowest BCUT2D eigenvalue weighted by molar-refractivity contribution is 0.102. The molecule has 2 rings (SSSR count). The topological polar surface area (TPSA) is 52.7 Å². The molecule has 6 heteroatoms. The van der Waals surface area contributed by atoms with E-state index in [1.807, 2.05) is 0 Å². The number of hydrogen-bond acceptors (Lipinski definition) is 3. The fourth-order valence-electron chi connectivity index (χ4n) is 1.38. The van der Waals surface area contributed by atoms with Crippen molar-refractivity contribution in [2.24, 2.45) is 14.1 Å². The third-order valence-corrected chi connectivity index (χ3v) is 2.74. The minimum absolute atomic E-state index is 0.0955. The normalized spacial score (nSPS) is 10.6. The van der Waals surface area contributed by atoms with Gasteiger partial charge in [-0.25, -0.2) is 0 Å². The number of aromatic nitrogens is 4. The second-order valence-corrected chi connectivity index (χ2v) is 3.99. The highest BCUT2D eigenvalue weighted by Gasteiger charge is 2.19. The second kappa shape index (κ2) is 3.62. The Kier molecular flexibility index (Phi) is 2.44. The van der Waals surface area contributed by atoms with Crippen LogP contribution in [-0.4, -0.2) is 25.3 Å². The molecule has 0 fully saturated rings. The molecular weight excluding hydrogens is 260 g/mol. The SMILES string of the molecule is Cn1nccc1C(=O)c1c(Br)cnn1C. The van der Waals surface area contributed by atoms with Gasteiger partial charge in [-0.3, -0.25) is 14.2 Å². The Morgan fingerprint density at radius 2 is 2.07 bits per heavy atom. The van der Waals surface area contributed by atoms with E-state index >= 15 is 0 Å². The van der Waals surface area contributed by atoms with Gasteiger partial charge >= 0.3 is 0 Å². The van der Waals surface area contributed by atoms with Crippen molar-refractivity contribution in [3.05, 3.63) is 34.3 Å². The van der Waals surface area contributed by atoms with Gasteiger partial charge in [-0.1, -0.05) is 0 Å². The number of rotatable bonds is 2. The van der Waals surface area contributed by atoms with Gasteiger partial charge in [-0.05, 0) is 22.0 Å². The van der Waals surface area contributed by atoms with Gasteiger partial charge < -0.3 is 0 Å². The largest absolute Gasteiger partial charge is 0.285 e. The van der Waals surface area contributed by atoms with Crippen LogP contribution in [0.2, 0.25) is 0 Å². The molecule has 0 amide bonds. The first-order chi connectivity index (χ1) is 7.11. The van der Waals surface area contributed by atoms with Gasteiger partial charge in [-0.15, -0.1) is 0 Å². The average molecular weight is 269 g/mol. The van der Waals surface area contributed by atoms with Crippen LogP contribution in [0, 0.1) is 0 Å². The van der Waals surface area contributed by atoms with Crippen LogP contribution in [0.4, 0.5) is 0 Å². The number of ketones is 1. The molecule has 0 N–H and O–H groups in total. The summed E-state index contributed by atoms with van der Waals surface area (Å²) >= 11 is 3.29. The van der Waals surface area contributed by atoms with Crippen LogP contribution in [0.15, 0.2) is 22.9 Å². The van der Waals surface area contributed by atoms with E-state index in [1.54, 1.807) is 41.9 Å². The monoisotopic (exact) mass is 268 g/mol. The van der Waals surface area contributed by atoms with Crippen LogP contribution >= 0.6 is 15.9 Å². The Balaban J connectivity index is 2.50. The molecule has 0 bridgehead atoms. The lowest BCUT2D eigenvalue weighted by Gasteiger charge is -2.02. The van der Waals surface area contributed by atoms with Crippen LogP contribution in [0.25, 0.3) is 0 Å². The summed E-state index contributed by atoms with van der Waals surface area (Å²) in [4.78, 5) is 12.1. The Morgan fingerprint density at radius 1 is 1.33 bits per heavy atom. The summed E-state index contributed by atoms with van der Waals surface area (Å²) in [7, 11) is 3.46. The second-order valence-electron chi connectivity index (χ2n) is 3.13. The molecular formula is C9H9BrN4O. The van der Waals surface area contributed by atoms with Crippen molar-refractivity contribution < 1.29 is 4.79 Å². The molecule has 5 nitrogen and oxygen atoms in total. The zero-order valence-electron chi connectivity index (χ0n) is 8.31. The summed E-state index contributed by atoms with van der Waals surface area (Å²) in [5.41, 5.74) is 1.07. The third kappa shape index (κ3) is 1.61. The molecule has 0 aliphatic rings. The maximum atomic E-state index is 12.1. The highest BCUT2D eigenvalue weighted by Crippen LogP contribution is 2.18. The van der Waals surface area contributed by atoms with E-state index in [2.05, 4.69) is 26.1 Å². The first-order valence-electron chi connectivity index (χ1n) is 4.31. The molecule has 0 aliphatic heterocycles. The van der Waals surface area contributed by atoms with Gasteiger partial charge in [-0.2, -0.15) is 10.2 Å². The van der Waals surface area contributed by atoms with Crippen molar-refractivity contribution in [3.8, 4) is 0 Å². The minimum atomic E-state index is -0.0955. The molecule has 15 heavy (non-hydrogen) atoms. The minimum Gasteiger partial charge on any atom is -0.285 e. The molecule has 2 aromatic rings. The number of aryl methyl sites for hydroxylation is 2. The summed E-state index contributed by atoms with van der Waals surface area (Å²) < 4.78 is 3.78. The Hall–Kier alpha value is -1.43. The summed E-state index contributed by atoms with van der Waals surface area (Å²) in [6.07, 6.45) is 3.20. The van der Waals surface area contributed by atoms with Crippen molar-refractivity contribution in [1.82, 2.24) is 19.6 Å². The zero-order valence-corrected chi connectivity index (χ0v) is 9.89. The Bertz CT molecular complexity index is 494. The van der Waals surface area contributed by atoms with E-state index < -0.39 is 0 Å². The van der Waals surface area contributed by atoms with Crippen molar-refractivity contribution in [2.45, 2.75) is 0 Å². The molecule has 0 unspecified atom stereocenters. The van der Waals surface area contributed by atoms with E-state index in [4.69, 9.17) is 0 Å². The molecule has 0 radical (unpaired) electrons. The molecule has 0 spiro atoms. The van der Waals surface area contributed by atoms with Gasteiger partial charge in [0.05, 0.1) is 10.7 Å².